The normalized spacial score (nSPS) is 20.1. The molecule has 1 amide bonds. The Kier molecular flexibility index (Phi) is 2.54. The molecule has 1 atom stereocenters. The molecule has 0 aliphatic carbocycles. The van der Waals surface area contributed by atoms with Crippen LogP contribution in [-0.4, -0.2) is 25.6 Å². The Morgan fingerprint density at radius 1 is 1.60 bits per heavy atom. The molecule has 0 aromatic heterocycles. The molecule has 0 bridgehead atoms. The van der Waals surface area contributed by atoms with Crippen molar-refractivity contribution in [3.63, 3.8) is 0 Å². The first-order valence-corrected chi connectivity index (χ1v) is 4.92. The highest BCUT2D eigenvalue weighted by molar-refractivity contribution is 6.31. The highest BCUT2D eigenvalue weighted by atomic mass is 35.5. The summed E-state index contributed by atoms with van der Waals surface area (Å²) in [5.74, 6) is 0.523. The van der Waals surface area contributed by atoms with Crippen molar-refractivity contribution in [3.8, 4) is 5.75 Å². The highest BCUT2D eigenvalue weighted by Crippen LogP contribution is 2.33. The van der Waals surface area contributed by atoms with Crippen molar-refractivity contribution >= 4 is 23.2 Å². The minimum Gasteiger partial charge on any atom is -0.495 e. The average molecular weight is 227 g/mol. The third-order valence-electron chi connectivity index (χ3n) is 2.39. The van der Waals surface area contributed by atoms with Gasteiger partial charge in [-0.15, -0.1) is 0 Å². The van der Waals surface area contributed by atoms with Crippen molar-refractivity contribution in [1.29, 1.82) is 0 Å². The van der Waals surface area contributed by atoms with Gasteiger partial charge in [-0.1, -0.05) is 11.6 Å². The number of methoxy groups -OCH3 is 1. The van der Waals surface area contributed by atoms with Gasteiger partial charge >= 0.3 is 0 Å². The number of hydrogen-bond acceptors (Lipinski definition) is 3. The Bertz CT molecular complexity index is 408. The fraction of sp³-hybridized carbons (Fsp3) is 0.300. The van der Waals surface area contributed by atoms with Crippen LogP contribution in [0.1, 0.15) is 0 Å². The third-order valence-corrected chi connectivity index (χ3v) is 2.63. The molecule has 0 saturated carbocycles. The Hall–Kier alpha value is -1.26. The van der Waals surface area contributed by atoms with Crippen LogP contribution in [-0.2, 0) is 4.79 Å². The van der Waals surface area contributed by atoms with Crippen LogP contribution in [0.3, 0.4) is 0 Å². The van der Waals surface area contributed by atoms with E-state index in [4.69, 9.17) is 22.1 Å². The molecule has 1 saturated heterocycles. The zero-order chi connectivity index (χ0) is 11.0. The van der Waals surface area contributed by atoms with Crippen LogP contribution < -0.4 is 15.4 Å². The fourth-order valence-corrected chi connectivity index (χ4v) is 1.71. The Morgan fingerprint density at radius 2 is 2.33 bits per heavy atom. The molecular formula is C10H11ClN2O2. The van der Waals surface area contributed by atoms with E-state index < -0.39 is 6.04 Å². The summed E-state index contributed by atoms with van der Waals surface area (Å²) in [6.07, 6.45) is 0. The monoisotopic (exact) mass is 226 g/mol. The molecule has 0 spiro atoms. The minimum atomic E-state index is -0.395. The summed E-state index contributed by atoms with van der Waals surface area (Å²) in [5.41, 5.74) is 6.19. The number of halogens is 1. The number of ether oxygens (including phenoxy) is 1. The standard InChI is InChI=1S/C10H11ClN2O2/c1-15-9-3-2-6(11)4-8(9)13-5-7(12)10(13)14/h2-4,7H,5,12H2,1H3. The third kappa shape index (κ3) is 1.66. The van der Waals surface area contributed by atoms with Gasteiger partial charge in [-0.3, -0.25) is 4.79 Å². The fourth-order valence-electron chi connectivity index (χ4n) is 1.54. The molecule has 2 rings (SSSR count). The maximum Gasteiger partial charge on any atom is 0.245 e. The number of carbonyl (C=O) groups is 1. The summed E-state index contributed by atoms with van der Waals surface area (Å²) in [4.78, 5) is 13.0. The van der Waals surface area contributed by atoms with Crippen molar-refractivity contribution in [2.75, 3.05) is 18.6 Å². The Labute approximate surface area is 92.6 Å². The van der Waals surface area contributed by atoms with Crippen molar-refractivity contribution in [2.24, 2.45) is 5.73 Å². The maximum atomic E-state index is 11.4. The van der Waals surface area contributed by atoms with E-state index in [2.05, 4.69) is 0 Å². The van der Waals surface area contributed by atoms with Crippen LogP contribution in [0.5, 0.6) is 5.75 Å². The largest absolute Gasteiger partial charge is 0.495 e. The van der Waals surface area contributed by atoms with Crippen LogP contribution in [0.15, 0.2) is 18.2 Å². The topological polar surface area (TPSA) is 55.6 Å². The van der Waals surface area contributed by atoms with Gasteiger partial charge in [-0.05, 0) is 18.2 Å². The molecule has 1 heterocycles. The van der Waals surface area contributed by atoms with Crippen LogP contribution in [0.25, 0.3) is 0 Å². The van der Waals surface area contributed by atoms with E-state index in [1.807, 2.05) is 0 Å². The van der Waals surface area contributed by atoms with Gasteiger partial charge in [0.1, 0.15) is 11.8 Å². The second kappa shape index (κ2) is 3.72. The van der Waals surface area contributed by atoms with Crippen LogP contribution in [0.2, 0.25) is 5.02 Å². The number of anilines is 1. The molecule has 80 valence electrons. The van der Waals surface area contributed by atoms with E-state index >= 15 is 0 Å². The van der Waals surface area contributed by atoms with E-state index in [1.54, 1.807) is 30.2 Å². The summed E-state index contributed by atoms with van der Waals surface area (Å²) in [6.45, 7) is 0.509. The lowest BCUT2D eigenvalue weighted by atomic mass is 10.1. The Balaban J connectivity index is 2.35. The number of carbonyl (C=O) groups excluding carboxylic acids is 1. The van der Waals surface area contributed by atoms with Gasteiger partial charge in [-0.25, -0.2) is 0 Å². The number of nitrogens with zero attached hydrogens (tertiary/aromatic N) is 1. The van der Waals surface area contributed by atoms with Gasteiger partial charge in [0.2, 0.25) is 5.91 Å². The smallest absolute Gasteiger partial charge is 0.245 e. The van der Waals surface area contributed by atoms with Crippen molar-refractivity contribution < 1.29 is 9.53 Å². The molecule has 1 aliphatic heterocycles. The van der Waals surface area contributed by atoms with Gasteiger partial charge in [0.15, 0.2) is 0 Å². The van der Waals surface area contributed by atoms with Crippen molar-refractivity contribution in [3.05, 3.63) is 23.2 Å². The number of benzene rings is 1. The number of β-lactam (4-membered cyclic amide) rings is 1. The first kappa shape index (κ1) is 10.3. The SMILES string of the molecule is COc1ccc(Cl)cc1N1CC(N)C1=O. The quantitative estimate of drug-likeness (QED) is 0.767. The summed E-state index contributed by atoms with van der Waals surface area (Å²) < 4.78 is 5.15. The molecule has 5 heteroatoms. The molecule has 1 aliphatic rings. The van der Waals surface area contributed by atoms with Crippen LogP contribution in [0.4, 0.5) is 5.69 Å². The highest BCUT2D eigenvalue weighted by Gasteiger charge is 2.36. The lowest BCUT2D eigenvalue weighted by Gasteiger charge is -2.36. The molecule has 0 radical (unpaired) electrons. The number of nitrogens with two attached hydrogens (primary N) is 1. The minimum absolute atomic E-state index is 0.101. The number of amides is 1. The molecule has 1 fully saturated rings. The molecule has 15 heavy (non-hydrogen) atoms. The first-order valence-electron chi connectivity index (χ1n) is 4.54. The summed E-state index contributed by atoms with van der Waals surface area (Å²) in [5, 5.41) is 0.569. The van der Waals surface area contributed by atoms with E-state index in [9.17, 15) is 4.79 Å². The lowest BCUT2D eigenvalue weighted by molar-refractivity contribution is -0.123. The number of hydrogen-bond donors (Lipinski definition) is 1. The molecule has 4 nitrogen and oxygen atoms in total. The first-order chi connectivity index (χ1) is 7.13. The lowest BCUT2D eigenvalue weighted by Crippen LogP contribution is -2.61. The van der Waals surface area contributed by atoms with Gasteiger partial charge < -0.3 is 15.4 Å². The molecule has 1 aromatic carbocycles. The van der Waals surface area contributed by atoms with E-state index in [-0.39, 0.29) is 5.91 Å². The van der Waals surface area contributed by atoms with E-state index in [0.29, 0.717) is 23.0 Å². The predicted octanol–water partition coefficient (Wildman–Crippen LogP) is 1.02. The zero-order valence-corrected chi connectivity index (χ0v) is 8.99. The van der Waals surface area contributed by atoms with E-state index in [1.165, 1.54) is 0 Å². The summed E-state index contributed by atoms with van der Waals surface area (Å²) >= 11 is 5.86. The maximum absolute atomic E-state index is 11.4. The predicted molar refractivity (Wildman–Crippen MR) is 58.3 cm³/mol. The molecule has 2 N–H and O–H groups in total. The van der Waals surface area contributed by atoms with Gasteiger partial charge in [0.25, 0.3) is 0 Å². The molecule has 1 aromatic rings. The molecule has 1 unspecified atom stereocenters. The summed E-state index contributed by atoms with van der Waals surface area (Å²) in [6, 6.07) is 4.75. The Morgan fingerprint density at radius 3 is 2.87 bits per heavy atom. The second-order valence-corrected chi connectivity index (χ2v) is 3.81. The zero-order valence-electron chi connectivity index (χ0n) is 8.24. The molecular weight excluding hydrogens is 216 g/mol. The van der Waals surface area contributed by atoms with Gasteiger partial charge in [-0.2, -0.15) is 0 Å². The van der Waals surface area contributed by atoms with Gasteiger partial charge in [0.05, 0.1) is 19.3 Å². The van der Waals surface area contributed by atoms with E-state index in [0.717, 1.165) is 0 Å². The average Bonchev–Trinajstić information content (AvgIpc) is 2.25. The second-order valence-electron chi connectivity index (χ2n) is 3.37. The van der Waals surface area contributed by atoms with Crippen molar-refractivity contribution in [2.45, 2.75) is 6.04 Å². The summed E-state index contributed by atoms with van der Waals surface area (Å²) in [7, 11) is 1.55. The van der Waals surface area contributed by atoms with Gasteiger partial charge in [0, 0.05) is 5.02 Å². The van der Waals surface area contributed by atoms with Crippen molar-refractivity contribution in [1.82, 2.24) is 0 Å². The van der Waals surface area contributed by atoms with Crippen LogP contribution in [0, 0.1) is 0 Å². The van der Waals surface area contributed by atoms with Crippen LogP contribution >= 0.6 is 11.6 Å². The number of rotatable bonds is 2.